The van der Waals surface area contributed by atoms with Gasteiger partial charge in [-0.3, -0.25) is 9.35 Å². The summed E-state index contributed by atoms with van der Waals surface area (Å²) in [6, 6.07) is -1.15. The van der Waals surface area contributed by atoms with Crippen molar-refractivity contribution >= 4 is 16.3 Å². The highest BCUT2D eigenvalue weighted by Crippen LogP contribution is 2.26. The highest BCUT2D eigenvalue weighted by atomic mass is 32.3. The molecule has 0 saturated carbocycles. The summed E-state index contributed by atoms with van der Waals surface area (Å²) in [7, 11) is -5.12. The van der Waals surface area contributed by atoms with Gasteiger partial charge in [0, 0.05) is 0 Å². The lowest BCUT2D eigenvalue weighted by molar-refractivity contribution is -0.298. The Balaban J connectivity index is 2.72. The van der Waals surface area contributed by atoms with Gasteiger partial charge in [0.2, 0.25) is 5.91 Å². The second kappa shape index (κ2) is 30.5. The summed E-state index contributed by atoms with van der Waals surface area (Å²) < 4.78 is 47.2. The second-order valence-corrected chi connectivity index (χ2v) is 15.0. The fraction of sp³-hybridized carbons (Fsp3) is 0.821. The number of carbonyl (C=O) groups excluding carboxylic acids is 1. The topological polar surface area (TPSA) is 212 Å². The van der Waals surface area contributed by atoms with Crippen LogP contribution in [0.4, 0.5) is 0 Å². The number of ether oxygens (including phenoxy) is 2. The van der Waals surface area contributed by atoms with E-state index in [4.69, 9.17) is 14.0 Å². The molecule has 1 saturated heterocycles. The second-order valence-electron chi connectivity index (χ2n) is 14.0. The average molecular weight is 778 g/mol. The normalized spacial score (nSPS) is 22.9. The van der Waals surface area contributed by atoms with Gasteiger partial charge in [-0.2, -0.15) is 8.42 Å². The minimum absolute atomic E-state index is 0.150. The summed E-state index contributed by atoms with van der Waals surface area (Å²) >= 11 is 0. The molecule has 1 fully saturated rings. The Bertz CT molecular complexity index is 1120. The van der Waals surface area contributed by atoms with E-state index in [0.717, 1.165) is 44.9 Å². The van der Waals surface area contributed by atoms with E-state index in [0.29, 0.717) is 12.8 Å². The number of aliphatic hydroxyl groups is 5. The highest BCUT2D eigenvalue weighted by Gasteiger charge is 2.48. The first-order chi connectivity index (χ1) is 25.4. The molecule has 0 radical (unpaired) electrons. The van der Waals surface area contributed by atoms with Gasteiger partial charge in [0.25, 0.3) is 0 Å². The predicted octanol–water partition coefficient (Wildman–Crippen LogP) is 5.35. The van der Waals surface area contributed by atoms with Crippen LogP contribution in [-0.4, -0.2) is 107 Å². The van der Waals surface area contributed by atoms with Crippen LogP contribution in [0.15, 0.2) is 36.5 Å². The maximum Gasteiger partial charge on any atom is 0.397 e. The van der Waals surface area contributed by atoms with Crippen LogP contribution in [0.5, 0.6) is 0 Å². The Morgan fingerprint density at radius 2 is 1.26 bits per heavy atom. The molecule has 8 unspecified atom stereocenters. The van der Waals surface area contributed by atoms with Gasteiger partial charge >= 0.3 is 10.4 Å². The number of aliphatic hydroxyl groups excluding tert-OH is 5. The van der Waals surface area contributed by atoms with Crippen LogP contribution >= 0.6 is 0 Å². The van der Waals surface area contributed by atoms with Crippen LogP contribution in [0.25, 0.3) is 0 Å². The Labute approximate surface area is 318 Å². The molecule has 7 N–H and O–H groups in total. The quantitative estimate of drug-likeness (QED) is 0.0262. The molecule has 0 spiro atoms. The van der Waals surface area contributed by atoms with Crippen LogP contribution in [0.1, 0.15) is 142 Å². The van der Waals surface area contributed by atoms with Crippen molar-refractivity contribution in [2.45, 2.75) is 191 Å². The van der Waals surface area contributed by atoms with Gasteiger partial charge in [0.05, 0.1) is 25.4 Å². The molecule has 0 aliphatic carbocycles. The van der Waals surface area contributed by atoms with Crippen LogP contribution in [-0.2, 0) is 28.9 Å². The SMILES string of the molecule is CCCCCC/C=C\CCC(O)C(=O)NC(COC1OC(CO)C(O)C(OS(=O)(=O)O)C1O)C(O)/C=C/CC/C=C/CCCCCCCCCCCC. The van der Waals surface area contributed by atoms with Gasteiger partial charge in [-0.15, -0.1) is 0 Å². The molecule has 1 aliphatic rings. The number of nitrogens with one attached hydrogen (secondary N) is 1. The Hall–Kier alpha value is -1.72. The third kappa shape index (κ3) is 23.7. The van der Waals surface area contributed by atoms with Crippen molar-refractivity contribution in [3.8, 4) is 0 Å². The van der Waals surface area contributed by atoms with E-state index in [1.807, 2.05) is 12.2 Å². The minimum atomic E-state index is -5.12. The fourth-order valence-electron chi connectivity index (χ4n) is 6.01. The molecule has 0 aromatic heterocycles. The maximum atomic E-state index is 12.9. The first-order valence-electron chi connectivity index (χ1n) is 20.0. The molecule has 0 aromatic carbocycles. The molecule has 0 bridgehead atoms. The van der Waals surface area contributed by atoms with Crippen molar-refractivity contribution in [1.29, 1.82) is 0 Å². The number of rotatable bonds is 32. The third-order valence-corrected chi connectivity index (χ3v) is 9.72. The van der Waals surface area contributed by atoms with Gasteiger partial charge < -0.3 is 40.3 Å². The standard InChI is InChI=1S/C39H71NO12S/c1-3-5-7-9-11-13-14-15-16-17-18-19-20-22-23-25-27-32(42)31(40-38(46)33(43)28-26-24-21-12-10-8-6-4-2)30-50-39-36(45)37(52-53(47,48)49)35(44)34(29-41)51-39/h19-21,24-25,27,31-37,39,41-45H,3-18,22-23,26,28-30H2,1-2H3,(H,40,46)(H,47,48,49)/b20-19+,24-21-,27-25+. The van der Waals surface area contributed by atoms with Crippen LogP contribution < -0.4 is 5.32 Å². The van der Waals surface area contributed by atoms with Crippen LogP contribution in [0.3, 0.4) is 0 Å². The smallest absolute Gasteiger partial charge is 0.394 e. The first kappa shape index (κ1) is 49.3. The number of carbonyl (C=O) groups is 1. The molecule has 14 heteroatoms. The van der Waals surface area contributed by atoms with E-state index in [1.165, 1.54) is 70.3 Å². The van der Waals surface area contributed by atoms with Gasteiger partial charge in [-0.25, -0.2) is 4.18 Å². The molecule has 53 heavy (non-hydrogen) atoms. The first-order valence-corrected chi connectivity index (χ1v) is 21.3. The average Bonchev–Trinajstić information content (AvgIpc) is 3.12. The molecule has 8 atom stereocenters. The van der Waals surface area contributed by atoms with E-state index in [1.54, 1.807) is 6.08 Å². The van der Waals surface area contributed by atoms with Crippen LogP contribution in [0.2, 0.25) is 0 Å². The lowest BCUT2D eigenvalue weighted by Gasteiger charge is -2.41. The lowest BCUT2D eigenvalue weighted by atomic mass is 9.99. The molecule has 1 aliphatic heterocycles. The monoisotopic (exact) mass is 777 g/mol. The summed E-state index contributed by atoms with van der Waals surface area (Å²) in [5, 5.41) is 54.7. The zero-order chi connectivity index (χ0) is 39.3. The van der Waals surface area contributed by atoms with Gasteiger partial charge in [0.15, 0.2) is 6.29 Å². The van der Waals surface area contributed by atoms with Crippen molar-refractivity contribution < 1.29 is 57.0 Å². The molecule has 0 aromatic rings. The lowest BCUT2D eigenvalue weighted by Crippen LogP contribution is -2.61. The van der Waals surface area contributed by atoms with Crippen LogP contribution in [0, 0.1) is 0 Å². The van der Waals surface area contributed by atoms with E-state index < -0.39 is 78.5 Å². The third-order valence-electron chi connectivity index (χ3n) is 9.26. The molecule has 310 valence electrons. The minimum Gasteiger partial charge on any atom is -0.394 e. The summed E-state index contributed by atoms with van der Waals surface area (Å²) in [5.41, 5.74) is 0. The number of hydrogen-bond acceptors (Lipinski definition) is 11. The highest BCUT2D eigenvalue weighted by molar-refractivity contribution is 7.80. The zero-order valence-corrected chi connectivity index (χ0v) is 33.0. The number of amides is 1. The molecule has 1 rings (SSSR count). The molecule has 1 amide bonds. The van der Waals surface area contributed by atoms with Crippen molar-refractivity contribution in [1.82, 2.24) is 5.32 Å². The molecule has 1 heterocycles. The van der Waals surface area contributed by atoms with Crippen molar-refractivity contribution in [3.05, 3.63) is 36.5 Å². The largest absolute Gasteiger partial charge is 0.397 e. The van der Waals surface area contributed by atoms with Gasteiger partial charge in [-0.05, 0) is 51.4 Å². The van der Waals surface area contributed by atoms with Gasteiger partial charge in [-0.1, -0.05) is 127 Å². The molecule has 13 nitrogen and oxygen atoms in total. The fourth-order valence-corrected chi connectivity index (χ4v) is 6.51. The Kier molecular flexibility index (Phi) is 28.4. The number of allylic oxidation sites excluding steroid dienone is 5. The van der Waals surface area contributed by atoms with E-state index in [9.17, 15) is 38.7 Å². The molecular formula is C39H71NO12S. The summed E-state index contributed by atoms with van der Waals surface area (Å²) in [6.07, 6.45) is 21.3. The number of hydrogen-bond donors (Lipinski definition) is 7. The zero-order valence-electron chi connectivity index (χ0n) is 32.2. The molecular weight excluding hydrogens is 706 g/mol. The van der Waals surface area contributed by atoms with Crippen molar-refractivity contribution in [3.63, 3.8) is 0 Å². The van der Waals surface area contributed by atoms with Gasteiger partial charge in [0.1, 0.15) is 30.5 Å². The maximum absolute atomic E-state index is 12.9. The summed E-state index contributed by atoms with van der Waals surface area (Å²) in [5.74, 6) is -0.751. The van der Waals surface area contributed by atoms with E-state index in [-0.39, 0.29) is 6.42 Å². The van der Waals surface area contributed by atoms with E-state index in [2.05, 4.69) is 35.5 Å². The predicted molar refractivity (Wildman–Crippen MR) is 205 cm³/mol. The Morgan fingerprint density at radius 1 is 0.755 bits per heavy atom. The van der Waals surface area contributed by atoms with Crippen molar-refractivity contribution in [2.24, 2.45) is 0 Å². The Morgan fingerprint density at radius 3 is 1.83 bits per heavy atom. The van der Waals surface area contributed by atoms with E-state index >= 15 is 0 Å². The number of unbranched alkanes of at least 4 members (excludes halogenated alkanes) is 15. The van der Waals surface area contributed by atoms with Crippen molar-refractivity contribution in [2.75, 3.05) is 13.2 Å². The summed E-state index contributed by atoms with van der Waals surface area (Å²) in [6.45, 7) is 3.09. The summed E-state index contributed by atoms with van der Waals surface area (Å²) in [4.78, 5) is 12.9.